The molecule has 4 rings (SSSR count). The first-order chi connectivity index (χ1) is 12.6. The van der Waals surface area contributed by atoms with Crippen LogP contribution in [0, 0.1) is 5.82 Å². The third-order valence-electron chi connectivity index (χ3n) is 5.65. The second-order valence-corrected chi connectivity index (χ2v) is 7.15. The molecule has 134 valence electrons. The van der Waals surface area contributed by atoms with Crippen molar-refractivity contribution in [2.45, 2.75) is 31.7 Å². The molecule has 1 aliphatic rings. The fourth-order valence-electron chi connectivity index (χ4n) is 4.05. The zero-order valence-electron chi connectivity index (χ0n) is 14.9. The van der Waals surface area contributed by atoms with E-state index in [2.05, 4.69) is 34.3 Å². The highest BCUT2D eigenvalue weighted by Crippen LogP contribution is 2.33. The Morgan fingerprint density at radius 2 is 1.81 bits per heavy atom. The molecule has 26 heavy (non-hydrogen) atoms. The molecule has 3 nitrogen and oxygen atoms in total. The molecule has 0 amide bonds. The van der Waals surface area contributed by atoms with Crippen LogP contribution in [0.3, 0.4) is 0 Å². The number of para-hydroxylation sites is 1. The lowest BCUT2D eigenvalue weighted by Gasteiger charge is -2.35. The van der Waals surface area contributed by atoms with Crippen molar-refractivity contribution in [3.05, 3.63) is 71.7 Å². The average Bonchev–Trinajstić information content (AvgIpc) is 3.12. The zero-order valence-corrected chi connectivity index (χ0v) is 14.9. The maximum atomic E-state index is 13.1. The van der Waals surface area contributed by atoms with Gasteiger partial charge in [0.2, 0.25) is 0 Å². The summed E-state index contributed by atoms with van der Waals surface area (Å²) < 4.78 is 13.1. The van der Waals surface area contributed by atoms with E-state index in [4.69, 9.17) is 0 Å². The Balaban J connectivity index is 1.43. The number of nitrogens with zero attached hydrogens (tertiary/aromatic N) is 1. The van der Waals surface area contributed by atoms with Crippen LogP contribution in [0.5, 0.6) is 0 Å². The summed E-state index contributed by atoms with van der Waals surface area (Å²) in [7, 11) is 0. The number of carbonyl (C=O) groups excluding carboxylic acids is 1. The Labute approximate surface area is 152 Å². The van der Waals surface area contributed by atoms with Crippen LogP contribution in [0.25, 0.3) is 10.9 Å². The summed E-state index contributed by atoms with van der Waals surface area (Å²) in [5.41, 5.74) is 3.15. The molecule has 0 saturated carbocycles. The molecule has 1 atom stereocenters. The van der Waals surface area contributed by atoms with Crippen LogP contribution in [0.15, 0.2) is 54.7 Å². The van der Waals surface area contributed by atoms with Gasteiger partial charge in [-0.2, -0.15) is 0 Å². The Kier molecular flexibility index (Phi) is 4.60. The molecule has 1 aromatic heterocycles. The normalized spacial score (nSPS) is 17.5. The number of ketones is 1. The SMILES string of the molecule is CC(C(=O)c1ccc(F)cc1)N1CCC(c2c[nH]c3ccccc23)CC1. The number of Topliss-reactive ketones (excluding diaryl/α,β-unsaturated/α-hetero) is 1. The van der Waals surface area contributed by atoms with Gasteiger partial charge in [0.25, 0.3) is 0 Å². The van der Waals surface area contributed by atoms with Crippen LogP contribution in [-0.4, -0.2) is 34.8 Å². The second kappa shape index (κ2) is 7.04. The van der Waals surface area contributed by atoms with Crippen molar-refractivity contribution in [1.82, 2.24) is 9.88 Å². The minimum atomic E-state index is -0.311. The maximum Gasteiger partial charge on any atom is 0.179 e. The van der Waals surface area contributed by atoms with E-state index in [1.54, 1.807) is 12.1 Å². The number of nitrogens with one attached hydrogen (secondary N) is 1. The highest BCUT2D eigenvalue weighted by molar-refractivity contribution is 5.99. The number of H-pyrrole nitrogens is 1. The fraction of sp³-hybridized carbons (Fsp3) is 0.318. The molecular formula is C22H23FN2O. The number of aromatic nitrogens is 1. The molecule has 0 aliphatic carbocycles. The highest BCUT2D eigenvalue weighted by Gasteiger charge is 2.28. The van der Waals surface area contributed by atoms with Gasteiger partial charge in [-0.15, -0.1) is 0 Å². The molecule has 1 fully saturated rings. The van der Waals surface area contributed by atoms with Crippen LogP contribution in [0.1, 0.15) is 41.6 Å². The number of fused-ring (bicyclic) bond motifs is 1. The summed E-state index contributed by atoms with van der Waals surface area (Å²) in [5.74, 6) is 0.278. The van der Waals surface area contributed by atoms with Gasteiger partial charge >= 0.3 is 0 Å². The van der Waals surface area contributed by atoms with Crippen LogP contribution in [0.4, 0.5) is 4.39 Å². The van der Waals surface area contributed by atoms with E-state index in [9.17, 15) is 9.18 Å². The highest BCUT2D eigenvalue weighted by atomic mass is 19.1. The standard InChI is InChI=1S/C22H23FN2O/c1-15(22(26)17-6-8-18(23)9-7-17)25-12-10-16(11-13-25)20-14-24-21-5-3-2-4-19(20)21/h2-9,14-16,24H,10-13H2,1H3. The molecule has 0 radical (unpaired) electrons. The summed E-state index contributed by atoms with van der Waals surface area (Å²) in [4.78, 5) is 18.3. The fourth-order valence-corrected chi connectivity index (χ4v) is 4.05. The van der Waals surface area contributed by atoms with E-state index in [-0.39, 0.29) is 17.6 Å². The minimum Gasteiger partial charge on any atom is -0.361 e. The smallest absolute Gasteiger partial charge is 0.179 e. The van der Waals surface area contributed by atoms with Gasteiger partial charge in [0.15, 0.2) is 5.78 Å². The lowest BCUT2D eigenvalue weighted by molar-refractivity contribution is 0.0797. The molecule has 1 unspecified atom stereocenters. The Bertz CT molecular complexity index is 907. The van der Waals surface area contributed by atoms with Gasteiger partial charge in [0, 0.05) is 22.7 Å². The number of rotatable bonds is 4. The van der Waals surface area contributed by atoms with Crippen molar-refractivity contribution in [1.29, 1.82) is 0 Å². The first kappa shape index (κ1) is 17.0. The van der Waals surface area contributed by atoms with Crippen molar-refractivity contribution in [3.63, 3.8) is 0 Å². The number of hydrogen-bond acceptors (Lipinski definition) is 2. The summed E-state index contributed by atoms with van der Waals surface area (Å²) in [6, 6.07) is 14.1. The third-order valence-corrected chi connectivity index (χ3v) is 5.65. The third kappa shape index (κ3) is 3.17. The van der Waals surface area contributed by atoms with E-state index in [0.29, 0.717) is 11.5 Å². The van der Waals surface area contributed by atoms with E-state index in [1.807, 2.05) is 13.0 Å². The number of carbonyl (C=O) groups is 1. The van der Waals surface area contributed by atoms with Gasteiger partial charge in [-0.05, 0) is 74.7 Å². The summed E-state index contributed by atoms with van der Waals surface area (Å²) in [6.07, 6.45) is 4.23. The molecule has 2 heterocycles. The van der Waals surface area contributed by atoms with E-state index < -0.39 is 0 Å². The van der Waals surface area contributed by atoms with Crippen molar-refractivity contribution in [3.8, 4) is 0 Å². The van der Waals surface area contributed by atoms with Crippen molar-refractivity contribution in [2.75, 3.05) is 13.1 Å². The monoisotopic (exact) mass is 350 g/mol. The van der Waals surface area contributed by atoms with E-state index >= 15 is 0 Å². The molecular weight excluding hydrogens is 327 g/mol. The number of piperidine rings is 1. The van der Waals surface area contributed by atoms with Gasteiger partial charge in [0.05, 0.1) is 6.04 Å². The number of aromatic amines is 1. The van der Waals surface area contributed by atoms with Crippen LogP contribution in [-0.2, 0) is 0 Å². The van der Waals surface area contributed by atoms with Gasteiger partial charge < -0.3 is 4.98 Å². The average molecular weight is 350 g/mol. The predicted octanol–water partition coefficient (Wildman–Crippen LogP) is 4.76. The zero-order chi connectivity index (χ0) is 18.1. The molecule has 2 aromatic carbocycles. The quantitative estimate of drug-likeness (QED) is 0.689. The largest absolute Gasteiger partial charge is 0.361 e. The summed E-state index contributed by atoms with van der Waals surface area (Å²) in [6.45, 7) is 3.76. The molecule has 1 saturated heterocycles. The molecule has 0 spiro atoms. The molecule has 0 bridgehead atoms. The number of hydrogen-bond donors (Lipinski definition) is 1. The summed E-state index contributed by atoms with van der Waals surface area (Å²) >= 11 is 0. The molecule has 1 aliphatic heterocycles. The van der Waals surface area contributed by atoms with Gasteiger partial charge in [-0.3, -0.25) is 9.69 Å². The second-order valence-electron chi connectivity index (χ2n) is 7.15. The van der Waals surface area contributed by atoms with Gasteiger partial charge in [-0.1, -0.05) is 18.2 Å². The Hall–Kier alpha value is -2.46. The van der Waals surface area contributed by atoms with Gasteiger partial charge in [0.1, 0.15) is 5.82 Å². The maximum absolute atomic E-state index is 13.1. The van der Waals surface area contributed by atoms with Crippen molar-refractivity contribution < 1.29 is 9.18 Å². The first-order valence-corrected chi connectivity index (χ1v) is 9.23. The van der Waals surface area contributed by atoms with E-state index in [0.717, 1.165) is 25.9 Å². The lowest BCUT2D eigenvalue weighted by atomic mass is 9.88. The molecule has 4 heteroatoms. The molecule has 3 aromatic rings. The first-order valence-electron chi connectivity index (χ1n) is 9.23. The Morgan fingerprint density at radius 3 is 2.54 bits per heavy atom. The van der Waals surface area contributed by atoms with Gasteiger partial charge in [-0.25, -0.2) is 4.39 Å². The van der Waals surface area contributed by atoms with Crippen LogP contribution >= 0.6 is 0 Å². The van der Waals surface area contributed by atoms with Crippen LogP contribution < -0.4 is 0 Å². The number of benzene rings is 2. The predicted molar refractivity (Wildman–Crippen MR) is 102 cm³/mol. The number of halogens is 1. The summed E-state index contributed by atoms with van der Waals surface area (Å²) in [5, 5.41) is 1.31. The molecule has 1 N–H and O–H groups in total. The van der Waals surface area contributed by atoms with Crippen molar-refractivity contribution >= 4 is 16.7 Å². The minimum absolute atomic E-state index is 0.0653. The lowest BCUT2D eigenvalue weighted by Crippen LogP contribution is -2.43. The van der Waals surface area contributed by atoms with E-state index in [1.165, 1.54) is 28.6 Å². The Morgan fingerprint density at radius 1 is 1.12 bits per heavy atom. The van der Waals surface area contributed by atoms with Crippen LogP contribution in [0.2, 0.25) is 0 Å². The number of likely N-dealkylation sites (tertiary alicyclic amines) is 1. The topological polar surface area (TPSA) is 36.1 Å². The van der Waals surface area contributed by atoms with Crippen molar-refractivity contribution in [2.24, 2.45) is 0 Å².